The first kappa shape index (κ1) is 16.3. The number of ether oxygens (including phenoxy) is 1. The molecular formula is C17H23N3O2. The Bertz CT molecular complexity index is 576. The molecule has 1 aromatic rings. The highest BCUT2D eigenvalue weighted by Gasteiger charge is 2.16. The monoisotopic (exact) mass is 301 g/mol. The largest absolute Gasteiger partial charge is 0.444 e. The molecule has 0 radical (unpaired) electrons. The van der Waals surface area contributed by atoms with Crippen LogP contribution in [0.15, 0.2) is 18.5 Å². The van der Waals surface area contributed by atoms with Crippen LogP contribution in [0.3, 0.4) is 0 Å². The van der Waals surface area contributed by atoms with Gasteiger partial charge < -0.3 is 4.74 Å². The maximum Gasteiger partial charge on any atom is 0.412 e. The number of pyridine rings is 1. The van der Waals surface area contributed by atoms with Gasteiger partial charge >= 0.3 is 6.09 Å². The van der Waals surface area contributed by atoms with Gasteiger partial charge in [-0.3, -0.25) is 15.2 Å². The highest BCUT2D eigenvalue weighted by Crippen LogP contribution is 2.12. The van der Waals surface area contributed by atoms with Gasteiger partial charge in [0.05, 0.1) is 18.4 Å². The van der Waals surface area contributed by atoms with E-state index in [1.54, 1.807) is 18.5 Å². The van der Waals surface area contributed by atoms with Crippen molar-refractivity contribution < 1.29 is 9.53 Å². The SMILES string of the molecule is CC(C)(C)OC(=O)Nc1cncc(C#CCN2CCCC2)c1. The number of carbonyl (C=O) groups is 1. The summed E-state index contributed by atoms with van der Waals surface area (Å²) in [5, 5.41) is 2.67. The van der Waals surface area contributed by atoms with Crippen LogP contribution in [-0.4, -0.2) is 41.2 Å². The van der Waals surface area contributed by atoms with Crippen LogP contribution >= 0.6 is 0 Å². The third-order valence-corrected chi connectivity index (χ3v) is 3.12. The van der Waals surface area contributed by atoms with Crippen molar-refractivity contribution in [2.75, 3.05) is 25.0 Å². The molecule has 1 saturated heterocycles. The summed E-state index contributed by atoms with van der Waals surface area (Å²) < 4.78 is 5.21. The maximum atomic E-state index is 11.7. The minimum Gasteiger partial charge on any atom is -0.444 e. The van der Waals surface area contributed by atoms with Crippen molar-refractivity contribution >= 4 is 11.8 Å². The molecule has 0 aromatic carbocycles. The Labute approximate surface area is 132 Å². The predicted molar refractivity (Wildman–Crippen MR) is 86.6 cm³/mol. The third kappa shape index (κ3) is 5.74. The van der Waals surface area contributed by atoms with Crippen molar-refractivity contribution in [1.82, 2.24) is 9.88 Å². The number of hydrogen-bond donors (Lipinski definition) is 1. The van der Waals surface area contributed by atoms with Crippen molar-refractivity contribution in [3.05, 3.63) is 24.0 Å². The van der Waals surface area contributed by atoms with E-state index in [0.29, 0.717) is 5.69 Å². The molecule has 1 aromatic heterocycles. The molecule has 5 heteroatoms. The van der Waals surface area contributed by atoms with Gasteiger partial charge in [-0.25, -0.2) is 4.79 Å². The number of rotatable bonds is 2. The van der Waals surface area contributed by atoms with Gasteiger partial charge in [0.15, 0.2) is 0 Å². The molecule has 1 N–H and O–H groups in total. The van der Waals surface area contributed by atoms with Crippen LogP contribution < -0.4 is 5.32 Å². The standard InChI is InChI=1S/C17H23N3O2/c1-17(2,3)22-16(21)19-15-11-14(12-18-13-15)7-6-10-20-8-4-5-9-20/h11-13H,4-5,8-10H2,1-3H3,(H,19,21). The molecule has 0 bridgehead atoms. The number of nitrogens with zero attached hydrogens (tertiary/aromatic N) is 2. The fraction of sp³-hybridized carbons (Fsp3) is 0.529. The minimum atomic E-state index is -0.523. The van der Waals surface area contributed by atoms with E-state index in [2.05, 4.69) is 27.0 Å². The lowest BCUT2D eigenvalue weighted by Crippen LogP contribution is -2.27. The Morgan fingerprint density at radius 3 is 2.77 bits per heavy atom. The number of amides is 1. The second-order valence-electron chi connectivity index (χ2n) is 6.37. The smallest absolute Gasteiger partial charge is 0.412 e. The van der Waals surface area contributed by atoms with Gasteiger partial charge in [-0.05, 0) is 52.8 Å². The Kier molecular flexibility index (Phi) is 5.40. The molecule has 1 amide bonds. The first-order valence-corrected chi connectivity index (χ1v) is 7.59. The number of nitrogens with one attached hydrogen (secondary N) is 1. The highest BCUT2D eigenvalue weighted by atomic mass is 16.6. The molecule has 0 aliphatic carbocycles. The van der Waals surface area contributed by atoms with E-state index < -0.39 is 11.7 Å². The Balaban J connectivity index is 1.92. The minimum absolute atomic E-state index is 0.489. The Morgan fingerprint density at radius 1 is 1.36 bits per heavy atom. The van der Waals surface area contributed by atoms with Gasteiger partial charge in [-0.15, -0.1) is 0 Å². The lowest BCUT2D eigenvalue weighted by molar-refractivity contribution is 0.0636. The molecule has 1 aliphatic rings. The number of hydrogen-bond acceptors (Lipinski definition) is 4. The van der Waals surface area contributed by atoms with Crippen LogP contribution in [0.4, 0.5) is 10.5 Å². The molecule has 1 aliphatic heterocycles. The van der Waals surface area contributed by atoms with Gasteiger partial charge in [-0.2, -0.15) is 0 Å². The summed E-state index contributed by atoms with van der Waals surface area (Å²) in [5.74, 6) is 6.24. The van der Waals surface area contributed by atoms with Gasteiger partial charge in [0, 0.05) is 11.8 Å². The zero-order valence-corrected chi connectivity index (χ0v) is 13.5. The first-order valence-electron chi connectivity index (χ1n) is 7.59. The summed E-state index contributed by atoms with van der Waals surface area (Å²) in [5.41, 5.74) is 0.847. The van der Waals surface area contributed by atoms with Crippen LogP contribution in [0, 0.1) is 11.8 Å². The van der Waals surface area contributed by atoms with E-state index in [0.717, 1.165) is 25.2 Å². The van der Waals surface area contributed by atoms with Crippen molar-refractivity contribution in [3.8, 4) is 11.8 Å². The maximum absolute atomic E-state index is 11.7. The summed E-state index contributed by atoms with van der Waals surface area (Å²) in [4.78, 5) is 18.2. The molecule has 118 valence electrons. The zero-order chi connectivity index (χ0) is 16.0. The first-order chi connectivity index (χ1) is 10.4. The van der Waals surface area contributed by atoms with E-state index in [9.17, 15) is 4.79 Å². The van der Waals surface area contributed by atoms with Crippen molar-refractivity contribution in [3.63, 3.8) is 0 Å². The molecule has 5 nitrogen and oxygen atoms in total. The van der Waals surface area contributed by atoms with Gasteiger partial charge in [0.2, 0.25) is 0 Å². The molecular weight excluding hydrogens is 278 g/mol. The van der Waals surface area contributed by atoms with Crippen molar-refractivity contribution in [1.29, 1.82) is 0 Å². The molecule has 0 unspecified atom stereocenters. The highest BCUT2D eigenvalue weighted by molar-refractivity contribution is 5.84. The second kappa shape index (κ2) is 7.28. The van der Waals surface area contributed by atoms with Crippen molar-refractivity contribution in [2.24, 2.45) is 0 Å². The molecule has 1 fully saturated rings. The van der Waals surface area contributed by atoms with Crippen molar-refractivity contribution in [2.45, 2.75) is 39.2 Å². The van der Waals surface area contributed by atoms with Gasteiger partial charge in [-0.1, -0.05) is 11.8 Å². The predicted octanol–water partition coefficient (Wildman–Crippen LogP) is 2.88. The number of aromatic nitrogens is 1. The number of carbonyl (C=O) groups excluding carboxylic acids is 1. The fourth-order valence-corrected chi connectivity index (χ4v) is 2.19. The zero-order valence-electron chi connectivity index (χ0n) is 13.5. The fourth-order valence-electron chi connectivity index (χ4n) is 2.19. The Hall–Kier alpha value is -2.06. The number of likely N-dealkylation sites (tertiary alicyclic amines) is 1. The lowest BCUT2D eigenvalue weighted by atomic mass is 10.2. The van der Waals surface area contributed by atoms with E-state index in [1.165, 1.54) is 12.8 Å². The summed E-state index contributed by atoms with van der Waals surface area (Å²) in [6, 6.07) is 1.80. The van der Waals surface area contributed by atoms with E-state index in [-0.39, 0.29) is 0 Å². The van der Waals surface area contributed by atoms with E-state index in [1.807, 2.05) is 20.8 Å². The average Bonchev–Trinajstić information content (AvgIpc) is 2.90. The van der Waals surface area contributed by atoms with Crippen LogP contribution in [0.5, 0.6) is 0 Å². The van der Waals surface area contributed by atoms with E-state index in [4.69, 9.17) is 4.74 Å². The third-order valence-electron chi connectivity index (χ3n) is 3.12. The summed E-state index contributed by atoms with van der Waals surface area (Å²) >= 11 is 0. The average molecular weight is 301 g/mol. The number of anilines is 1. The summed E-state index contributed by atoms with van der Waals surface area (Å²) in [6.45, 7) is 8.52. The summed E-state index contributed by atoms with van der Waals surface area (Å²) in [7, 11) is 0. The quantitative estimate of drug-likeness (QED) is 0.853. The van der Waals surface area contributed by atoms with Gasteiger partial charge in [0.1, 0.15) is 5.60 Å². The molecule has 0 spiro atoms. The lowest BCUT2D eigenvalue weighted by Gasteiger charge is -2.19. The van der Waals surface area contributed by atoms with Gasteiger partial charge in [0.25, 0.3) is 0 Å². The Morgan fingerprint density at radius 2 is 2.09 bits per heavy atom. The van der Waals surface area contributed by atoms with Crippen LogP contribution in [0.25, 0.3) is 0 Å². The normalized spacial score (nSPS) is 15.0. The van der Waals surface area contributed by atoms with E-state index >= 15 is 0 Å². The van der Waals surface area contributed by atoms with Crippen LogP contribution in [0.2, 0.25) is 0 Å². The summed E-state index contributed by atoms with van der Waals surface area (Å²) in [6.07, 6.45) is 5.31. The van der Waals surface area contributed by atoms with Crippen LogP contribution in [0.1, 0.15) is 39.2 Å². The topological polar surface area (TPSA) is 54.5 Å². The molecule has 2 heterocycles. The molecule has 0 saturated carbocycles. The second-order valence-corrected chi connectivity index (χ2v) is 6.37. The molecule has 2 rings (SSSR count). The molecule has 22 heavy (non-hydrogen) atoms. The van der Waals surface area contributed by atoms with Crippen LogP contribution in [-0.2, 0) is 4.74 Å². The molecule has 0 atom stereocenters.